The Morgan fingerprint density at radius 2 is 2.31 bits per heavy atom. The van der Waals surface area contributed by atoms with E-state index in [0.717, 1.165) is 16.9 Å². The Hall–Kier alpha value is -2.10. The van der Waals surface area contributed by atoms with Gasteiger partial charge in [-0.2, -0.15) is 5.10 Å². The molecule has 0 aliphatic rings. The molecule has 0 spiro atoms. The first-order valence-electron chi connectivity index (χ1n) is 4.99. The molecule has 0 saturated heterocycles. The van der Waals surface area contributed by atoms with Gasteiger partial charge in [-0.25, -0.2) is 4.68 Å². The average Bonchev–Trinajstić information content (AvgIpc) is 2.74. The van der Waals surface area contributed by atoms with Crippen LogP contribution in [0.1, 0.15) is 11.3 Å². The Kier molecular flexibility index (Phi) is 3.00. The van der Waals surface area contributed by atoms with E-state index in [1.807, 2.05) is 48.1 Å². The highest BCUT2D eigenvalue weighted by Gasteiger charge is 2.00. The van der Waals surface area contributed by atoms with E-state index < -0.39 is 0 Å². The second-order valence-corrected chi connectivity index (χ2v) is 3.47. The molecule has 0 radical (unpaired) electrons. The Balaban J connectivity index is 2.25. The quantitative estimate of drug-likeness (QED) is 0.580. The summed E-state index contributed by atoms with van der Waals surface area (Å²) in [6, 6.07) is 9.92. The van der Waals surface area contributed by atoms with Gasteiger partial charge in [-0.05, 0) is 30.7 Å². The van der Waals surface area contributed by atoms with Crippen molar-refractivity contribution in [3.05, 3.63) is 47.8 Å². The summed E-state index contributed by atoms with van der Waals surface area (Å²) in [6.07, 6.45) is 1.93. The summed E-state index contributed by atoms with van der Waals surface area (Å²) in [5.41, 5.74) is 3.05. The zero-order valence-corrected chi connectivity index (χ0v) is 9.13. The molecule has 1 heterocycles. The fourth-order valence-corrected chi connectivity index (χ4v) is 1.47. The van der Waals surface area contributed by atoms with Crippen LogP contribution < -0.4 is 0 Å². The molecule has 4 nitrogen and oxygen atoms in total. The Morgan fingerprint density at radius 1 is 1.44 bits per heavy atom. The van der Waals surface area contributed by atoms with Gasteiger partial charge in [-0.15, -0.1) is 5.16 Å². The lowest BCUT2D eigenvalue weighted by molar-refractivity contribution is 0.133. The second kappa shape index (κ2) is 4.61. The van der Waals surface area contributed by atoms with E-state index >= 15 is 0 Å². The summed E-state index contributed by atoms with van der Waals surface area (Å²) >= 11 is 0. The van der Waals surface area contributed by atoms with E-state index in [-0.39, 0.29) is 0 Å². The summed E-state index contributed by atoms with van der Waals surface area (Å²) in [5, 5.41) is 7.71. The van der Waals surface area contributed by atoms with Crippen molar-refractivity contribution in [3.63, 3.8) is 0 Å². The lowest BCUT2D eigenvalue weighted by Crippen LogP contribution is -1.96. The molecule has 82 valence electrons. The summed E-state index contributed by atoms with van der Waals surface area (Å²) < 4.78 is 1.83. The van der Waals surface area contributed by atoms with E-state index in [4.69, 9.17) is 4.84 Å². The number of aryl methyl sites for hydroxylation is 1. The van der Waals surface area contributed by atoms with E-state index in [0.29, 0.717) is 6.61 Å². The minimum atomic E-state index is 0.428. The molecule has 2 aromatic rings. The molecule has 16 heavy (non-hydrogen) atoms. The van der Waals surface area contributed by atoms with Crippen LogP contribution >= 0.6 is 0 Å². The van der Waals surface area contributed by atoms with Crippen molar-refractivity contribution in [3.8, 4) is 5.69 Å². The third kappa shape index (κ3) is 2.28. The minimum absolute atomic E-state index is 0.428. The highest BCUT2D eigenvalue weighted by atomic mass is 16.6. The number of aromatic nitrogens is 2. The maximum absolute atomic E-state index is 4.90. The molecular formula is C12H13N3O. The summed E-state index contributed by atoms with van der Waals surface area (Å²) in [4.78, 5) is 4.90. The zero-order chi connectivity index (χ0) is 11.4. The van der Waals surface area contributed by atoms with Gasteiger partial charge in [0.25, 0.3) is 0 Å². The number of benzene rings is 1. The predicted molar refractivity (Wildman–Crippen MR) is 62.6 cm³/mol. The molecule has 0 aliphatic heterocycles. The molecule has 1 aromatic heterocycles. The minimum Gasteiger partial charge on any atom is -0.391 e. The lowest BCUT2D eigenvalue weighted by Gasteiger charge is -2.04. The van der Waals surface area contributed by atoms with E-state index in [9.17, 15) is 0 Å². The molecule has 1 aromatic carbocycles. The average molecular weight is 215 g/mol. The molecule has 0 atom stereocenters. The van der Waals surface area contributed by atoms with Gasteiger partial charge in [-0.3, -0.25) is 0 Å². The van der Waals surface area contributed by atoms with Crippen LogP contribution in [0.25, 0.3) is 5.69 Å². The lowest BCUT2D eigenvalue weighted by atomic mass is 10.2. The van der Waals surface area contributed by atoms with Crippen molar-refractivity contribution >= 4 is 6.72 Å². The number of hydrogen-bond acceptors (Lipinski definition) is 3. The molecule has 0 N–H and O–H groups in total. The van der Waals surface area contributed by atoms with Crippen LogP contribution in [-0.2, 0) is 11.4 Å². The summed E-state index contributed by atoms with van der Waals surface area (Å²) in [5.74, 6) is 0. The second-order valence-electron chi connectivity index (χ2n) is 3.47. The van der Waals surface area contributed by atoms with Gasteiger partial charge >= 0.3 is 0 Å². The highest BCUT2D eigenvalue weighted by Crippen LogP contribution is 2.11. The summed E-state index contributed by atoms with van der Waals surface area (Å²) in [7, 11) is 0. The first kappa shape index (κ1) is 10.4. The van der Waals surface area contributed by atoms with Gasteiger partial charge in [0.1, 0.15) is 6.61 Å². The maximum atomic E-state index is 4.90. The van der Waals surface area contributed by atoms with Gasteiger partial charge in [0.2, 0.25) is 0 Å². The van der Waals surface area contributed by atoms with Crippen molar-refractivity contribution in [2.24, 2.45) is 5.16 Å². The molecule has 0 unspecified atom stereocenters. The Morgan fingerprint density at radius 3 is 3.00 bits per heavy atom. The highest BCUT2D eigenvalue weighted by molar-refractivity contribution is 5.35. The number of hydrogen-bond donors (Lipinski definition) is 0. The van der Waals surface area contributed by atoms with Crippen LogP contribution in [0.3, 0.4) is 0 Å². The number of rotatable bonds is 4. The zero-order valence-electron chi connectivity index (χ0n) is 9.13. The van der Waals surface area contributed by atoms with Gasteiger partial charge in [0, 0.05) is 12.9 Å². The first-order chi connectivity index (χ1) is 7.79. The first-order valence-corrected chi connectivity index (χ1v) is 4.99. The molecular weight excluding hydrogens is 202 g/mol. The molecule has 4 heteroatoms. The molecule has 2 rings (SSSR count). The normalized spacial score (nSPS) is 10.1. The predicted octanol–water partition coefficient (Wildman–Crippen LogP) is 2.31. The van der Waals surface area contributed by atoms with Gasteiger partial charge < -0.3 is 4.84 Å². The van der Waals surface area contributed by atoms with Crippen LogP contribution in [-0.4, -0.2) is 16.5 Å². The van der Waals surface area contributed by atoms with E-state index in [1.165, 1.54) is 0 Å². The molecule has 0 aliphatic carbocycles. The smallest absolute Gasteiger partial charge is 0.142 e. The van der Waals surface area contributed by atoms with Gasteiger partial charge in [0.05, 0.1) is 11.4 Å². The van der Waals surface area contributed by atoms with E-state index in [1.54, 1.807) is 0 Å². The van der Waals surface area contributed by atoms with E-state index in [2.05, 4.69) is 17.0 Å². The molecule has 0 saturated carbocycles. The van der Waals surface area contributed by atoms with Crippen LogP contribution in [0.5, 0.6) is 0 Å². The Bertz CT molecular complexity index is 491. The number of nitrogens with zero attached hydrogens (tertiary/aromatic N) is 3. The van der Waals surface area contributed by atoms with Crippen molar-refractivity contribution in [1.29, 1.82) is 0 Å². The Labute approximate surface area is 94.2 Å². The standard InChI is InChI=1S/C12H13N3O/c1-10-6-7-15(14-10)12-5-3-4-11(8-12)9-16-13-2/h3-8H,2,9H2,1H3. The van der Waals surface area contributed by atoms with Crippen molar-refractivity contribution in [1.82, 2.24) is 9.78 Å². The number of oxime groups is 1. The topological polar surface area (TPSA) is 39.4 Å². The monoisotopic (exact) mass is 215 g/mol. The van der Waals surface area contributed by atoms with Crippen LogP contribution in [0, 0.1) is 6.92 Å². The molecule has 0 bridgehead atoms. The van der Waals surface area contributed by atoms with Crippen molar-refractivity contribution in [2.45, 2.75) is 13.5 Å². The third-order valence-corrected chi connectivity index (χ3v) is 2.22. The molecule has 0 amide bonds. The van der Waals surface area contributed by atoms with Gasteiger partial charge in [-0.1, -0.05) is 12.1 Å². The largest absolute Gasteiger partial charge is 0.391 e. The van der Waals surface area contributed by atoms with Crippen molar-refractivity contribution in [2.75, 3.05) is 0 Å². The van der Waals surface area contributed by atoms with Crippen LogP contribution in [0.4, 0.5) is 0 Å². The molecule has 0 fully saturated rings. The van der Waals surface area contributed by atoms with Crippen LogP contribution in [0.15, 0.2) is 41.7 Å². The fourth-order valence-electron chi connectivity index (χ4n) is 1.47. The third-order valence-electron chi connectivity index (χ3n) is 2.22. The summed E-state index contributed by atoms with van der Waals surface area (Å²) in [6.45, 7) is 5.66. The van der Waals surface area contributed by atoms with Crippen LogP contribution in [0.2, 0.25) is 0 Å². The SMILES string of the molecule is C=NOCc1cccc(-n2ccc(C)n2)c1. The maximum Gasteiger partial charge on any atom is 0.142 e. The van der Waals surface area contributed by atoms with Gasteiger partial charge in [0.15, 0.2) is 0 Å². The fraction of sp³-hybridized carbons (Fsp3) is 0.167. The van der Waals surface area contributed by atoms with Crippen molar-refractivity contribution < 1.29 is 4.84 Å².